The van der Waals surface area contributed by atoms with Gasteiger partial charge in [0.25, 0.3) is 0 Å². The number of carbonyl (C=O) groups is 1. The van der Waals surface area contributed by atoms with Crippen molar-refractivity contribution in [2.24, 2.45) is 4.99 Å². The van der Waals surface area contributed by atoms with Gasteiger partial charge in [0.05, 0.1) is 11.4 Å². The summed E-state index contributed by atoms with van der Waals surface area (Å²) in [6.07, 6.45) is 0.960. The van der Waals surface area contributed by atoms with Crippen LogP contribution in [0.5, 0.6) is 0 Å². The van der Waals surface area contributed by atoms with Crippen molar-refractivity contribution < 1.29 is 4.79 Å². The largest absolute Gasteiger partial charge is 0.293 e. The average Bonchev–Trinajstić information content (AvgIpc) is 3.09. The van der Waals surface area contributed by atoms with Crippen LogP contribution in [0.3, 0.4) is 0 Å². The van der Waals surface area contributed by atoms with Gasteiger partial charge in [0.1, 0.15) is 4.38 Å². The molecule has 0 fully saturated rings. The van der Waals surface area contributed by atoms with Crippen molar-refractivity contribution in [3.05, 3.63) is 89.0 Å². The van der Waals surface area contributed by atoms with Crippen molar-refractivity contribution in [3.8, 4) is 11.1 Å². The van der Waals surface area contributed by atoms with Gasteiger partial charge in [-0.15, -0.1) is 0 Å². The fourth-order valence-corrected chi connectivity index (χ4v) is 5.55. The molecule has 0 saturated heterocycles. The van der Waals surface area contributed by atoms with E-state index in [1.54, 1.807) is 23.5 Å². The van der Waals surface area contributed by atoms with Gasteiger partial charge in [-0.25, -0.2) is 4.99 Å². The molecule has 0 amide bonds. The average molecular weight is 388 g/mol. The number of rotatable bonds is 3. The highest BCUT2D eigenvalue weighted by atomic mass is 32.2. The fourth-order valence-electron chi connectivity index (χ4n) is 3.59. The number of para-hydroxylation sites is 1. The third-order valence-electron chi connectivity index (χ3n) is 5.00. The van der Waals surface area contributed by atoms with Gasteiger partial charge in [-0.2, -0.15) is 0 Å². The predicted octanol–water partition coefficient (Wildman–Crippen LogP) is 6.11. The maximum Gasteiger partial charge on any atom is 0.173 e. The molecule has 3 aromatic rings. The zero-order valence-corrected chi connectivity index (χ0v) is 16.3. The molecule has 4 heteroatoms. The highest BCUT2D eigenvalue weighted by Gasteiger charge is 2.20. The van der Waals surface area contributed by atoms with Crippen LogP contribution in [-0.2, 0) is 12.2 Å². The van der Waals surface area contributed by atoms with Crippen molar-refractivity contribution in [1.82, 2.24) is 0 Å². The lowest BCUT2D eigenvalue weighted by Crippen LogP contribution is -2.06. The van der Waals surface area contributed by atoms with Gasteiger partial charge in [-0.1, -0.05) is 78.1 Å². The topological polar surface area (TPSA) is 29.4 Å². The normalized spacial score (nSPS) is 14.1. The van der Waals surface area contributed by atoms with Crippen LogP contribution in [0.25, 0.3) is 11.1 Å². The number of hydrogen-bond acceptors (Lipinski definition) is 4. The Kier molecular flexibility index (Phi) is 4.38. The van der Waals surface area contributed by atoms with Crippen LogP contribution in [0.1, 0.15) is 27.0 Å². The Morgan fingerprint density at radius 3 is 2.63 bits per heavy atom. The first kappa shape index (κ1) is 16.8. The van der Waals surface area contributed by atoms with E-state index in [-0.39, 0.29) is 5.78 Å². The lowest BCUT2D eigenvalue weighted by Gasteiger charge is -2.14. The summed E-state index contributed by atoms with van der Waals surface area (Å²) in [4.78, 5) is 17.4. The monoisotopic (exact) mass is 387 g/mol. The second kappa shape index (κ2) is 7.02. The molecular formula is C23H17NOS2. The van der Waals surface area contributed by atoms with Crippen molar-refractivity contribution in [2.45, 2.75) is 12.2 Å². The molecule has 0 aromatic heterocycles. The molecule has 0 spiro atoms. The molecule has 0 N–H and O–H groups in total. The van der Waals surface area contributed by atoms with E-state index in [2.05, 4.69) is 47.5 Å². The fraction of sp³-hybridized carbons (Fsp3) is 0.130. The molecule has 0 atom stereocenters. The first-order valence-electron chi connectivity index (χ1n) is 8.94. The third-order valence-corrected chi connectivity index (χ3v) is 7.25. The number of nitrogens with zero attached hydrogens (tertiary/aromatic N) is 1. The number of hydrogen-bond donors (Lipinski definition) is 0. The Morgan fingerprint density at radius 2 is 1.70 bits per heavy atom. The van der Waals surface area contributed by atoms with Crippen LogP contribution in [0.15, 0.2) is 71.7 Å². The molecule has 3 aromatic carbocycles. The lowest BCUT2D eigenvalue weighted by atomic mass is 10.0. The molecule has 0 unspecified atom stereocenters. The Hall–Kier alpha value is -2.30. The van der Waals surface area contributed by atoms with Crippen LogP contribution >= 0.6 is 23.5 Å². The molecular weight excluding hydrogens is 370 g/mol. The Morgan fingerprint density at radius 1 is 0.926 bits per heavy atom. The summed E-state index contributed by atoms with van der Waals surface area (Å²) in [7, 11) is 0. The van der Waals surface area contributed by atoms with Gasteiger partial charge in [-0.3, -0.25) is 4.79 Å². The summed E-state index contributed by atoms with van der Waals surface area (Å²) in [5.74, 6) is 1.51. The zero-order valence-electron chi connectivity index (χ0n) is 14.6. The summed E-state index contributed by atoms with van der Waals surface area (Å²) in [5, 5.41) is 0. The maximum atomic E-state index is 12.8. The molecule has 0 saturated carbocycles. The molecule has 27 heavy (non-hydrogen) atoms. The van der Waals surface area contributed by atoms with Gasteiger partial charge < -0.3 is 0 Å². The number of ketones is 1. The number of thioether (sulfide) groups is 2. The van der Waals surface area contributed by atoms with Crippen LogP contribution in [0.4, 0.5) is 5.69 Å². The van der Waals surface area contributed by atoms with E-state index in [1.165, 1.54) is 27.8 Å². The van der Waals surface area contributed by atoms with Crippen LogP contribution in [0.2, 0.25) is 0 Å². The van der Waals surface area contributed by atoms with Gasteiger partial charge in [0.15, 0.2) is 5.78 Å². The Balaban J connectivity index is 1.33. The highest BCUT2D eigenvalue weighted by Crippen LogP contribution is 2.38. The molecule has 132 valence electrons. The number of fused-ring (bicyclic) bond motifs is 4. The summed E-state index contributed by atoms with van der Waals surface area (Å²) >= 11 is 3.26. The second-order valence-electron chi connectivity index (χ2n) is 6.71. The first-order chi connectivity index (χ1) is 13.3. The van der Waals surface area contributed by atoms with Gasteiger partial charge in [0, 0.05) is 11.3 Å². The minimum Gasteiger partial charge on any atom is -0.293 e. The minimum absolute atomic E-state index is 0.161. The highest BCUT2D eigenvalue weighted by molar-refractivity contribution is 8.38. The van der Waals surface area contributed by atoms with Crippen molar-refractivity contribution >= 4 is 39.4 Å². The van der Waals surface area contributed by atoms with Crippen LogP contribution in [0, 0.1) is 0 Å². The van der Waals surface area contributed by atoms with Crippen molar-refractivity contribution in [3.63, 3.8) is 0 Å². The van der Waals surface area contributed by atoms with Gasteiger partial charge in [-0.05, 0) is 46.4 Å². The van der Waals surface area contributed by atoms with E-state index in [9.17, 15) is 4.79 Å². The predicted molar refractivity (Wildman–Crippen MR) is 116 cm³/mol. The lowest BCUT2D eigenvalue weighted by molar-refractivity contribution is 0.102. The second-order valence-corrected chi connectivity index (χ2v) is 8.90. The molecule has 1 heterocycles. The molecule has 2 aliphatic rings. The standard InChI is InChI=1S/C23H17NOS2/c25-22(14-27-23-24-21-8-4-2-6-18(21)13-26-23)17-10-9-16-11-15-5-1-3-7-19(15)20(16)12-17/h1-10,12H,11,13-14H2. The number of aliphatic imine (C=N–C) groups is 1. The SMILES string of the molecule is O=C(CSC1=Nc2ccccc2CS1)c1ccc2c(c1)-c1ccccc1C2. The summed E-state index contributed by atoms with van der Waals surface area (Å²) in [5.41, 5.74) is 8.20. The summed E-state index contributed by atoms with van der Waals surface area (Å²) in [6.45, 7) is 0. The van der Waals surface area contributed by atoms with E-state index in [1.807, 2.05) is 24.3 Å². The number of benzene rings is 3. The molecule has 0 bridgehead atoms. The first-order valence-corrected chi connectivity index (χ1v) is 10.9. The van der Waals surface area contributed by atoms with E-state index in [0.717, 1.165) is 27.8 Å². The molecule has 0 radical (unpaired) electrons. The quantitative estimate of drug-likeness (QED) is 0.397. The molecule has 1 aliphatic carbocycles. The van der Waals surface area contributed by atoms with E-state index < -0.39 is 0 Å². The number of Topliss-reactive ketones (excluding diaryl/α,β-unsaturated/α-hetero) is 1. The molecule has 2 nitrogen and oxygen atoms in total. The minimum atomic E-state index is 0.161. The number of carbonyl (C=O) groups excluding carboxylic acids is 1. The van der Waals surface area contributed by atoms with Gasteiger partial charge in [0.2, 0.25) is 0 Å². The van der Waals surface area contributed by atoms with Crippen LogP contribution in [-0.4, -0.2) is 15.9 Å². The van der Waals surface area contributed by atoms with Gasteiger partial charge >= 0.3 is 0 Å². The van der Waals surface area contributed by atoms with E-state index in [4.69, 9.17) is 0 Å². The summed E-state index contributed by atoms with van der Waals surface area (Å²) < 4.78 is 0.980. The van der Waals surface area contributed by atoms with Crippen molar-refractivity contribution in [2.75, 3.05) is 5.75 Å². The molecule has 1 aliphatic heterocycles. The third kappa shape index (κ3) is 3.24. The summed E-state index contributed by atoms with van der Waals surface area (Å²) in [6, 6.07) is 22.8. The Labute approximate surface area is 167 Å². The molecule has 5 rings (SSSR count). The Bertz CT molecular complexity index is 1090. The van der Waals surface area contributed by atoms with Crippen LogP contribution < -0.4 is 0 Å². The van der Waals surface area contributed by atoms with E-state index >= 15 is 0 Å². The maximum absolute atomic E-state index is 12.8. The smallest absolute Gasteiger partial charge is 0.173 e. The van der Waals surface area contributed by atoms with E-state index in [0.29, 0.717) is 5.75 Å². The van der Waals surface area contributed by atoms with Crippen molar-refractivity contribution in [1.29, 1.82) is 0 Å². The zero-order chi connectivity index (χ0) is 18.2.